The van der Waals surface area contributed by atoms with Crippen molar-refractivity contribution in [1.82, 2.24) is 9.97 Å². The van der Waals surface area contributed by atoms with Crippen LogP contribution >= 0.6 is 0 Å². The molecule has 1 aromatic heterocycles. The third-order valence-electron chi connectivity index (χ3n) is 3.48. The molecule has 1 saturated heterocycles. The minimum atomic E-state index is -0.0136. The predicted octanol–water partition coefficient (Wildman–Crippen LogP) is 2.45. The van der Waals surface area contributed by atoms with Gasteiger partial charge >= 0.3 is 0 Å². The molecule has 1 aromatic rings. The van der Waals surface area contributed by atoms with Crippen LogP contribution in [0.4, 0.5) is 11.6 Å². The van der Waals surface area contributed by atoms with E-state index in [0.717, 1.165) is 56.2 Å². The Morgan fingerprint density at radius 2 is 2.11 bits per heavy atom. The number of anilines is 2. The summed E-state index contributed by atoms with van der Waals surface area (Å²) in [5.41, 5.74) is 1.14. The van der Waals surface area contributed by atoms with Crippen LogP contribution in [0.2, 0.25) is 0 Å². The summed E-state index contributed by atoms with van der Waals surface area (Å²) in [6.45, 7) is 8.95. The van der Waals surface area contributed by atoms with Gasteiger partial charge in [0.2, 0.25) is 0 Å². The molecule has 0 saturated carbocycles. The largest absolute Gasteiger partial charge is 0.379 e. The van der Waals surface area contributed by atoms with Crippen LogP contribution in [0.1, 0.15) is 39.2 Å². The SMILES string of the molecule is CCCNc1ncnc(NC2(C)CCOC2)c1CC. The molecule has 0 aromatic carbocycles. The average molecular weight is 264 g/mol. The molecule has 2 N–H and O–H groups in total. The van der Waals surface area contributed by atoms with Crippen molar-refractivity contribution in [2.24, 2.45) is 0 Å². The number of rotatable bonds is 6. The number of ether oxygens (including phenoxy) is 1. The highest BCUT2D eigenvalue weighted by molar-refractivity contribution is 5.58. The highest BCUT2D eigenvalue weighted by atomic mass is 16.5. The summed E-state index contributed by atoms with van der Waals surface area (Å²) >= 11 is 0. The fraction of sp³-hybridized carbons (Fsp3) is 0.714. The first-order valence-electron chi connectivity index (χ1n) is 7.12. The number of aromatic nitrogens is 2. The molecule has 5 heteroatoms. The van der Waals surface area contributed by atoms with Gasteiger partial charge in [0.1, 0.15) is 18.0 Å². The van der Waals surface area contributed by atoms with E-state index in [1.807, 2.05) is 0 Å². The van der Waals surface area contributed by atoms with Crippen LogP contribution in [0.15, 0.2) is 6.33 Å². The molecule has 0 radical (unpaired) electrons. The molecule has 0 bridgehead atoms. The van der Waals surface area contributed by atoms with Gasteiger partial charge in [-0.3, -0.25) is 0 Å². The van der Waals surface area contributed by atoms with Crippen molar-refractivity contribution < 1.29 is 4.74 Å². The Bertz CT molecular complexity index is 416. The van der Waals surface area contributed by atoms with Crippen molar-refractivity contribution >= 4 is 11.6 Å². The van der Waals surface area contributed by atoms with Crippen LogP contribution < -0.4 is 10.6 Å². The molecule has 0 spiro atoms. The maximum Gasteiger partial charge on any atom is 0.135 e. The Kier molecular flexibility index (Phi) is 4.58. The predicted molar refractivity (Wildman–Crippen MR) is 77.7 cm³/mol. The lowest BCUT2D eigenvalue weighted by atomic mass is 10.0. The van der Waals surface area contributed by atoms with Gasteiger partial charge in [-0.05, 0) is 26.2 Å². The van der Waals surface area contributed by atoms with E-state index in [1.54, 1.807) is 6.33 Å². The first-order chi connectivity index (χ1) is 9.18. The molecule has 0 amide bonds. The number of hydrogen-bond donors (Lipinski definition) is 2. The Hall–Kier alpha value is -1.36. The van der Waals surface area contributed by atoms with Crippen molar-refractivity contribution in [2.45, 2.75) is 45.6 Å². The number of nitrogens with zero attached hydrogens (tertiary/aromatic N) is 2. The first kappa shape index (κ1) is 14.1. The minimum absolute atomic E-state index is 0.0136. The Balaban J connectivity index is 2.19. The second-order valence-electron chi connectivity index (χ2n) is 5.32. The van der Waals surface area contributed by atoms with Gasteiger partial charge in [-0.2, -0.15) is 0 Å². The zero-order valence-electron chi connectivity index (χ0n) is 12.1. The third kappa shape index (κ3) is 3.35. The quantitative estimate of drug-likeness (QED) is 0.826. The van der Waals surface area contributed by atoms with Gasteiger partial charge in [-0.25, -0.2) is 9.97 Å². The molecule has 2 heterocycles. The minimum Gasteiger partial charge on any atom is -0.379 e. The Morgan fingerprint density at radius 1 is 1.32 bits per heavy atom. The molecule has 106 valence electrons. The lowest BCUT2D eigenvalue weighted by Crippen LogP contribution is -2.36. The molecular formula is C14H24N4O. The fourth-order valence-electron chi connectivity index (χ4n) is 2.30. The van der Waals surface area contributed by atoms with Gasteiger partial charge in [0.15, 0.2) is 0 Å². The van der Waals surface area contributed by atoms with Gasteiger partial charge in [0.05, 0.1) is 12.1 Å². The monoisotopic (exact) mass is 264 g/mol. The van der Waals surface area contributed by atoms with E-state index in [1.165, 1.54) is 0 Å². The van der Waals surface area contributed by atoms with Crippen molar-refractivity contribution in [1.29, 1.82) is 0 Å². The average Bonchev–Trinajstić information content (AvgIpc) is 2.83. The molecule has 5 nitrogen and oxygen atoms in total. The lowest BCUT2D eigenvalue weighted by Gasteiger charge is -2.26. The van der Waals surface area contributed by atoms with Crippen molar-refractivity contribution in [3.63, 3.8) is 0 Å². The van der Waals surface area contributed by atoms with Crippen LogP contribution in [-0.4, -0.2) is 35.3 Å². The molecule has 19 heavy (non-hydrogen) atoms. The van der Waals surface area contributed by atoms with Crippen molar-refractivity contribution in [3.05, 3.63) is 11.9 Å². The van der Waals surface area contributed by atoms with E-state index in [9.17, 15) is 0 Å². The highest BCUT2D eigenvalue weighted by Gasteiger charge is 2.30. The summed E-state index contributed by atoms with van der Waals surface area (Å²) in [4.78, 5) is 8.76. The first-order valence-corrected chi connectivity index (χ1v) is 7.12. The molecule has 0 aliphatic carbocycles. The topological polar surface area (TPSA) is 59.1 Å². The van der Waals surface area contributed by atoms with Gasteiger partial charge in [-0.1, -0.05) is 13.8 Å². The van der Waals surface area contributed by atoms with E-state index >= 15 is 0 Å². The maximum absolute atomic E-state index is 5.48. The van der Waals surface area contributed by atoms with E-state index < -0.39 is 0 Å². The summed E-state index contributed by atoms with van der Waals surface area (Å²) in [6.07, 6.45) is 4.63. The summed E-state index contributed by atoms with van der Waals surface area (Å²) in [6, 6.07) is 0. The van der Waals surface area contributed by atoms with Crippen LogP contribution in [-0.2, 0) is 11.2 Å². The maximum atomic E-state index is 5.48. The van der Waals surface area contributed by atoms with E-state index in [-0.39, 0.29) is 5.54 Å². The van der Waals surface area contributed by atoms with Gasteiger partial charge in [0, 0.05) is 18.7 Å². The molecule has 1 unspecified atom stereocenters. The van der Waals surface area contributed by atoms with Gasteiger partial charge in [-0.15, -0.1) is 0 Å². The van der Waals surface area contributed by atoms with Gasteiger partial charge in [0.25, 0.3) is 0 Å². The molecule has 1 aliphatic rings. The van der Waals surface area contributed by atoms with Crippen LogP contribution in [0.3, 0.4) is 0 Å². The molecule has 1 aliphatic heterocycles. The second-order valence-corrected chi connectivity index (χ2v) is 5.32. The fourth-order valence-corrected chi connectivity index (χ4v) is 2.30. The Morgan fingerprint density at radius 3 is 2.74 bits per heavy atom. The van der Waals surface area contributed by atoms with Crippen molar-refractivity contribution in [3.8, 4) is 0 Å². The van der Waals surface area contributed by atoms with Gasteiger partial charge < -0.3 is 15.4 Å². The lowest BCUT2D eigenvalue weighted by molar-refractivity contribution is 0.185. The van der Waals surface area contributed by atoms with E-state index in [0.29, 0.717) is 0 Å². The van der Waals surface area contributed by atoms with Crippen LogP contribution in [0.5, 0.6) is 0 Å². The Labute approximate surface area is 115 Å². The summed E-state index contributed by atoms with van der Waals surface area (Å²) in [7, 11) is 0. The van der Waals surface area contributed by atoms with Crippen LogP contribution in [0.25, 0.3) is 0 Å². The van der Waals surface area contributed by atoms with Crippen LogP contribution in [0, 0.1) is 0 Å². The standard InChI is InChI=1S/C14H24N4O/c1-4-7-15-12-11(5-2)13(17-10-16-12)18-14(3)6-8-19-9-14/h10H,4-9H2,1-3H3,(H2,15,16,17,18). The zero-order chi connectivity index (χ0) is 13.7. The van der Waals surface area contributed by atoms with Crippen molar-refractivity contribution in [2.75, 3.05) is 30.4 Å². The summed E-state index contributed by atoms with van der Waals surface area (Å²) < 4.78 is 5.48. The smallest absolute Gasteiger partial charge is 0.135 e. The second kappa shape index (κ2) is 6.19. The number of nitrogens with one attached hydrogen (secondary N) is 2. The van der Waals surface area contributed by atoms with E-state index in [4.69, 9.17) is 4.74 Å². The third-order valence-corrected chi connectivity index (χ3v) is 3.48. The normalized spacial score (nSPS) is 22.5. The molecule has 1 fully saturated rings. The summed E-state index contributed by atoms with van der Waals surface area (Å²) in [5, 5.41) is 6.91. The van der Waals surface area contributed by atoms with E-state index in [2.05, 4.69) is 41.4 Å². The zero-order valence-corrected chi connectivity index (χ0v) is 12.1. The highest BCUT2D eigenvalue weighted by Crippen LogP contribution is 2.27. The molecular weight excluding hydrogens is 240 g/mol. The summed E-state index contributed by atoms with van der Waals surface area (Å²) in [5.74, 6) is 1.88. The molecule has 1 atom stereocenters. The number of hydrogen-bond acceptors (Lipinski definition) is 5. The molecule has 2 rings (SSSR count).